The lowest BCUT2D eigenvalue weighted by molar-refractivity contribution is -0.136. The maximum Gasteiger partial charge on any atom is 0.418 e. The Morgan fingerprint density at radius 3 is 2.75 bits per heavy atom. The molecule has 2 aromatic carbocycles. The standard InChI is InChI=1S/C24H25F3N6O3/c1-33(2)7-5-22(34)32-20-10-16-19(11-21(20)36-15-6-8-35-12-15)29-13-30-23(16)31-14-3-4-18(28)17(9-14)24(25,26)27/h3-5,7,9-11,13,15H,6,8,12,28H2,1-2H3,(H,32,34)(H,29,30,31)/b7-5+/t15-/m1/s1. The summed E-state index contributed by atoms with van der Waals surface area (Å²) in [4.78, 5) is 22.7. The fourth-order valence-corrected chi connectivity index (χ4v) is 3.57. The largest absolute Gasteiger partial charge is 0.486 e. The number of anilines is 4. The van der Waals surface area contributed by atoms with Crippen LogP contribution in [0, 0.1) is 0 Å². The molecule has 1 amide bonds. The van der Waals surface area contributed by atoms with Crippen LogP contribution in [0.15, 0.2) is 48.9 Å². The number of alkyl halides is 3. The van der Waals surface area contributed by atoms with Crippen molar-refractivity contribution >= 4 is 39.7 Å². The van der Waals surface area contributed by atoms with Gasteiger partial charge in [0.15, 0.2) is 0 Å². The van der Waals surface area contributed by atoms with Crippen LogP contribution in [-0.2, 0) is 15.7 Å². The summed E-state index contributed by atoms with van der Waals surface area (Å²) in [5.41, 5.74) is 5.13. The zero-order valence-electron chi connectivity index (χ0n) is 19.6. The molecule has 0 bridgehead atoms. The molecule has 1 fully saturated rings. The number of fused-ring (bicyclic) bond motifs is 1. The van der Waals surface area contributed by atoms with E-state index in [-0.39, 0.29) is 23.3 Å². The summed E-state index contributed by atoms with van der Waals surface area (Å²) in [5.74, 6) is 0.240. The van der Waals surface area contributed by atoms with Crippen molar-refractivity contribution in [1.82, 2.24) is 14.9 Å². The maximum absolute atomic E-state index is 13.3. The first-order valence-corrected chi connectivity index (χ1v) is 11.0. The van der Waals surface area contributed by atoms with Gasteiger partial charge < -0.3 is 30.7 Å². The van der Waals surface area contributed by atoms with Crippen molar-refractivity contribution in [2.45, 2.75) is 18.7 Å². The number of nitrogen functional groups attached to an aromatic ring is 1. The molecule has 9 nitrogen and oxygen atoms in total. The van der Waals surface area contributed by atoms with Gasteiger partial charge in [-0.1, -0.05) is 0 Å². The van der Waals surface area contributed by atoms with E-state index in [0.717, 1.165) is 6.07 Å². The molecule has 4 N–H and O–H groups in total. The van der Waals surface area contributed by atoms with E-state index in [2.05, 4.69) is 20.6 Å². The van der Waals surface area contributed by atoms with Gasteiger partial charge in [-0.2, -0.15) is 13.2 Å². The number of rotatable bonds is 7. The van der Waals surface area contributed by atoms with E-state index < -0.39 is 17.6 Å². The van der Waals surface area contributed by atoms with Crippen LogP contribution >= 0.6 is 0 Å². The van der Waals surface area contributed by atoms with Crippen LogP contribution in [-0.4, -0.2) is 54.2 Å². The molecular weight excluding hydrogens is 477 g/mol. The predicted molar refractivity (Wildman–Crippen MR) is 130 cm³/mol. The van der Waals surface area contributed by atoms with E-state index in [1.807, 2.05) is 0 Å². The van der Waals surface area contributed by atoms with Crippen LogP contribution in [0.1, 0.15) is 12.0 Å². The van der Waals surface area contributed by atoms with Gasteiger partial charge in [0, 0.05) is 55.6 Å². The molecule has 0 spiro atoms. The van der Waals surface area contributed by atoms with E-state index in [1.54, 1.807) is 37.3 Å². The molecule has 36 heavy (non-hydrogen) atoms. The Morgan fingerprint density at radius 1 is 1.25 bits per heavy atom. The van der Waals surface area contributed by atoms with E-state index in [1.165, 1.54) is 24.5 Å². The Bertz CT molecular complexity index is 1290. The zero-order chi connectivity index (χ0) is 25.9. The average molecular weight is 502 g/mol. The topological polar surface area (TPSA) is 115 Å². The van der Waals surface area contributed by atoms with Crippen molar-refractivity contribution in [1.29, 1.82) is 0 Å². The van der Waals surface area contributed by atoms with E-state index >= 15 is 0 Å². The smallest absolute Gasteiger partial charge is 0.418 e. The zero-order valence-corrected chi connectivity index (χ0v) is 19.6. The Balaban J connectivity index is 1.72. The number of hydrogen-bond donors (Lipinski definition) is 3. The van der Waals surface area contributed by atoms with Crippen molar-refractivity contribution in [3.05, 3.63) is 54.5 Å². The minimum absolute atomic E-state index is 0.138. The molecule has 1 aliphatic rings. The summed E-state index contributed by atoms with van der Waals surface area (Å²) in [5, 5.41) is 6.15. The van der Waals surface area contributed by atoms with Crippen molar-refractivity contribution in [3.63, 3.8) is 0 Å². The number of ether oxygens (including phenoxy) is 2. The van der Waals surface area contributed by atoms with Gasteiger partial charge in [-0.3, -0.25) is 4.79 Å². The van der Waals surface area contributed by atoms with Gasteiger partial charge in [0.1, 0.15) is 24.0 Å². The molecule has 0 radical (unpaired) electrons. The molecule has 1 saturated heterocycles. The van der Waals surface area contributed by atoms with Gasteiger partial charge >= 0.3 is 6.18 Å². The van der Waals surface area contributed by atoms with Gasteiger partial charge in [-0.15, -0.1) is 0 Å². The molecule has 0 unspecified atom stereocenters. The van der Waals surface area contributed by atoms with E-state index in [0.29, 0.717) is 42.0 Å². The number of carbonyl (C=O) groups excluding carboxylic acids is 1. The van der Waals surface area contributed by atoms with Gasteiger partial charge in [-0.05, 0) is 24.3 Å². The fraction of sp³-hybridized carbons (Fsp3) is 0.292. The Labute approximate surface area is 205 Å². The van der Waals surface area contributed by atoms with Crippen LogP contribution in [0.5, 0.6) is 5.75 Å². The quantitative estimate of drug-likeness (QED) is 0.326. The molecule has 0 aliphatic carbocycles. The maximum atomic E-state index is 13.3. The minimum Gasteiger partial charge on any atom is -0.486 e. The van der Waals surface area contributed by atoms with Crippen molar-refractivity contribution in [2.24, 2.45) is 0 Å². The number of benzene rings is 2. The van der Waals surface area contributed by atoms with Crippen LogP contribution in [0.25, 0.3) is 10.9 Å². The first kappa shape index (κ1) is 25.0. The molecular formula is C24H25F3N6O3. The third-order valence-corrected chi connectivity index (χ3v) is 5.32. The highest BCUT2D eigenvalue weighted by Crippen LogP contribution is 2.37. The average Bonchev–Trinajstić information content (AvgIpc) is 3.32. The number of nitrogens with zero attached hydrogens (tertiary/aromatic N) is 3. The Hall–Kier alpha value is -4.06. The summed E-state index contributed by atoms with van der Waals surface area (Å²) in [7, 11) is 3.57. The molecule has 190 valence electrons. The molecule has 4 rings (SSSR count). The van der Waals surface area contributed by atoms with Gasteiger partial charge in [0.05, 0.1) is 30.0 Å². The molecule has 1 aromatic heterocycles. The molecule has 2 heterocycles. The second-order valence-electron chi connectivity index (χ2n) is 8.38. The number of hydrogen-bond acceptors (Lipinski definition) is 8. The predicted octanol–water partition coefficient (Wildman–Crippen LogP) is 4.16. The summed E-state index contributed by atoms with van der Waals surface area (Å²) in [6.07, 6.45) is 0.139. The van der Waals surface area contributed by atoms with Crippen molar-refractivity contribution in [2.75, 3.05) is 43.7 Å². The lowest BCUT2D eigenvalue weighted by atomic mass is 10.1. The molecule has 0 saturated carbocycles. The van der Waals surface area contributed by atoms with Gasteiger partial charge in [0.25, 0.3) is 0 Å². The Kier molecular flexibility index (Phi) is 7.15. The molecule has 1 aliphatic heterocycles. The second kappa shape index (κ2) is 10.3. The van der Waals surface area contributed by atoms with Gasteiger partial charge in [0.2, 0.25) is 5.91 Å². The number of carbonyl (C=O) groups is 1. The van der Waals surface area contributed by atoms with Crippen molar-refractivity contribution < 1.29 is 27.4 Å². The SMILES string of the molecule is CN(C)/C=C/C(=O)Nc1cc2c(Nc3ccc(N)c(C(F)(F)F)c3)ncnc2cc1O[C@@H]1CCOC1. The highest BCUT2D eigenvalue weighted by Gasteiger charge is 2.33. The molecule has 12 heteroatoms. The lowest BCUT2D eigenvalue weighted by Gasteiger charge is -2.18. The molecule has 1 atom stereocenters. The van der Waals surface area contributed by atoms with E-state index in [9.17, 15) is 18.0 Å². The summed E-state index contributed by atoms with van der Waals surface area (Å²) < 4.78 is 51.4. The third-order valence-electron chi connectivity index (χ3n) is 5.32. The lowest BCUT2D eigenvalue weighted by Crippen LogP contribution is -2.18. The Morgan fingerprint density at radius 2 is 2.06 bits per heavy atom. The van der Waals surface area contributed by atoms with Crippen LogP contribution < -0.4 is 21.1 Å². The number of nitrogens with two attached hydrogens (primary N) is 1. The van der Waals surface area contributed by atoms with Crippen LogP contribution in [0.3, 0.4) is 0 Å². The van der Waals surface area contributed by atoms with Crippen LogP contribution in [0.2, 0.25) is 0 Å². The minimum atomic E-state index is -4.61. The van der Waals surface area contributed by atoms with Gasteiger partial charge in [-0.25, -0.2) is 9.97 Å². The summed E-state index contributed by atoms with van der Waals surface area (Å²) >= 11 is 0. The number of nitrogens with one attached hydrogen (secondary N) is 2. The summed E-state index contributed by atoms with van der Waals surface area (Å²) in [6, 6.07) is 6.77. The normalized spacial score (nSPS) is 15.9. The first-order chi connectivity index (χ1) is 17.1. The second-order valence-corrected chi connectivity index (χ2v) is 8.38. The molecule has 3 aromatic rings. The monoisotopic (exact) mass is 502 g/mol. The third kappa shape index (κ3) is 5.95. The van der Waals surface area contributed by atoms with E-state index in [4.69, 9.17) is 15.2 Å². The number of amides is 1. The highest BCUT2D eigenvalue weighted by atomic mass is 19.4. The van der Waals surface area contributed by atoms with Crippen molar-refractivity contribution in [3.8, 4) is 5.75 Å². The number of halogens is 3. The summed E-state index contributed by atoms with van der Waals surface area (Å²) in [6.45, 7) is 0.991. The fourth-order valence-electron chi connectivity index (χ4n) is 3.57. The first-order valence-electron chi connectivity index (χ1n) is 11.0. The number of aromatic nitrogens is 2. The highest BCUT2D eigenvalue weighted by molar-refractivity contribution is 6.03. The van der Waals surface area contributed by atoms with Crippen LogP contribution in [0.4, 0.5) is 36.1 Å².